The molecule has 0 bridgehead atoms. The van der Waals surface area contributed by atoms with Crippen LogP contribution in [0.4, 0.5) is 0 Å². The molecule has 3 rings (SSSR count). The van der Waals surface area contributed by atoms with Crippen molar-refractivity contribution in [2.24, 2.45) is 0 Å². The molecule has 1 aromatic heterocycles. The minimum Gasteiger partial charge on any atom is -0.268 e. The van der Waals surface area contributed by atoms with Crippen molar-refractivity contribution < 1.29 is 0 Å². The van der Waals surface area contributed by atoms with Crippen molar-refractivity contribution in [3.8, 4) is 5.69 Å². The molecule has 0 aliphatic carbocycles. The van der Waals surface area contributed by atoms with Crippen LogP contribution in [0, 0.1) is 13.8 Å². The van der Waals surface area contributed by atoms with E-state index in [4.69, 9.17) is 11.6 Å². The predicted molar refractivity (Wildman–Crippen MR) is 103 cm³/mol. The van der Waals surface area contributed by atoms with Gasteiger partial charge >= 0.3 is 0 Å². The van der Waals surface area contributed by atoms with E-state index >= 15 is 0 Å². The first kappa shape index (κ1) is 16.8. The Hall–Kier alpha value is -2.04. The number of hydrogen-bond acceptors (Lipinski definition) is 3. The second kappa shape index (κ2) is 6.83. The lowest BCUT2D eigenvalue weighted by atomic mass is 10.1. The topological polar surface area (TPSA) is 34.9 Å². The van der Waals surface area contributed by atoms with Crippen LogP contribution in [0.1, 0.15) is 11.1 Å². The summed E-state index contributed by atoms with van der Waals surface area (Å²) < 4.78 is 1.66. The van der Waals surface area contributed by atoms with Crippen LogP contribution in [0.5, 0.6) is 0 Å². The van der Waals surface area contributed by atoms with Crippen LogP contribution in [0.15, 0.2) is 64.0 Å². The minimum absolute atomic E-state index is 0.0757. The van der Waals surface area contributed by atoms with Gasteiger partial charge in [0.2, 0.25) is 0 Å². The van der Waals surface area contributed by atoms with E-state index in [1.165, 1.54) is 11.8 Å². The molecule has 0 unspecified atom stereocenters. The van der Waals surface area contributed by atoms with Crippen molar-refractivity contribution in [1.82, 2.24) is 9.55 Å². The highest BCUT2D eigenvalue weighted by molar-refractivity contribution is 7.99. The maximum atomic E-state index is 13.1. The molecule has 0 saturated heterocycles. The van der Waals surface area contributed by atoms with Crippen molar-refractivity contribution in [2.45, 2.75) is 19.0 Å². The minimum atomic E-state index is -0.0757. The van der Waals surface area contributed by atoms with Crippen molar-refractivity contribution in [1.29, 1.82) is 0 Å². The smallest absolute Gasteiger partial charge is 0.266 e. The quantitative estimate of drug-likeness (QED) is 0.495. The van der Waals surface area contributed by atoms with E-state index in [1.807, 2.05) is 44.2 Å². The molecule has 1 heterocycles. The Kier molecular flexibility index (Phi) is 4.78. The van der Waals surface area contributed by atoms with Gasteiger partial charge in [-0.05, 0) is 49.2 Å². The number of fused-ring (bicyclic) bond motifs is 1. The SMILES string of the molecule is C=C(Cl)CSc1nc2ccccc2c(=O)n1-c1cc(C)cc(C)c1. The van der Waals surface area contributed by atoms with Crippen molar-refractivity contribution in [3.05, 3.63) is 75.6 Å². The molecule has 3 aromatic rings. The number of halogens is 1. The Morgan fingerprint density at radius 3 is 2.54 bits per heavy atom. The molecule has 3 nitrogen and oxygen atoms in total. The highest BCUT2D eigenvalue weighted by Gasteiger charge is 2.14. The first-order valence-corrected chi connectivity index (χ1v) is 8.88. The highest BCUT2D eigenvalue weighted by atomic mass is 35.5. The van der Waals surface area contributed by atoms with Gasteiger partial charge in [0.15, 0.2) is 5.16 Å². The third-order valence-electron chi connectivity index (χ3n) is 3.57. The number of nitrogens with zero attached hydrogens (tertiary/aromatic N) is 2. The monoisotopic (exact) mass is 356 g/mol. The lowest BCUT2D eigenvalue weighted by Gasteiger charge is -2.14. The van der Waals surface area contributed by atoms with Gasteiger partial charge in [0, 0.05) is 10.8 Å². The largest absolute Gasteiger partial charge is 0.268 e. The van der Waals surface area contributed by atoms with E-state index in [0.717, 1.165) is 16.8 Å². The zero-order chi connectivity index (χ0) is 17.3. The molecule has 0 aliphatic rings. The number of benzene rings is 2. The summed E-state index contributed by atoms with van der Waals surface area (Å²) in [5, 5.41) is 1.74. The van der Waals surface area contributed by atoms with Crippen LogP contribution in [0.3, 0.4) is 0 Å². The first-order valence-electron chi connectivity index (χ1n) is 7.52. The maximum Gasteiger partial charge on any atom is 0.266 e. The normalized spacial score (nSPS) is 11.0. The third-order valence-corrected chi connectivity index (χ3v) is 4.88. The second-order valence-corrected chi connectivity index (χ2v) is 7.18. The van der Waals surface area contributed by atoms with Crippen LogP contribution in [-0.2, 0) is 0 Å². The molecule has 2 aromatic carbocycles. The van der Waals surface area contributed by atoms with E-state index in [1.54, 1.807) is 10.6 Å². The fraction of sp³-hybridized carbons (Fsp3) is 0.158. The summed E-state index contributed by atoms with van der Waals surface area (Å²) in [6, 6.07) is 13.4. The molecular formula is C19H17ClN2OS. The number of aromatic nitrogens is 2. The molecule has 0 atom stereocenters. The zero-order valence-corrected chi connectivity index (χ0v) is 15.1. The van der Waals surface area contributed by atoms with E-state index < -0.39 is 0 Å². The van der Waals surface area contributed by atoms with Gasteiger partial charge in [-0.25, -0.2) is 4.98 Å². The number of rotatable bonds is 4. The molecule has 0 radical (unpaired) electrons. The Morgan fingerprint density at radius 1 is 1.21 bits per heavy atom. The predicted octanol–water partition coefficient (Wildman–Crippen LogP) is 4.85. The van der Waals surface area contributed by atoms with Gasteiger partial charge in [0.25, 0.3) is 5.56 Å². The summed E-state index contributed by atoms with van der Waals surface area (Å²) in [7, 11) is 0. The standard InChI is InChI=1S/C19H17ClN2OS/c1-12-8-13(2)10-15(9-12)22-18(23)16-6-4-5-7-17(16)21-19(22)24-11-14(3)20/h4-10H,3,11H2,1-2H3. The second-order valence-electron chi connectivity index (χ2n) is 5.70. The first-order chi connectivity index (χ1) is 11.5. The lowest BCUT2D eigenvalue weighted by Crippen LogP contribution is -2.22. The van der Waals surface area contributed by atoms with Crippen LogP contribution in [0.25, 0.3) is 16.6 Å². The van der Waals surface area contributed by atoms with Crippen molar-refractivity contribution in [2.75, 3.05) is 5.75 Å². The summed E-state index contributed by atoms with van der Waals surface area (Å²) in [6.07, 6.45) is 0. The Morgan fingerprint density at radius 2 is 1.88 bits per heavy atom. The average molecular weight is 357 g/mol. The van der Waals surface area contributed by atoms with E-state index in [-0.39, 0.29) is 5.56 Å². The van der Waals surface area contributed by atoms with E-state index in [2.05, 4.69) is 17.6 Å². The van der Waals surface area contributed by atoms with Gasteiger partial charge in [0.05, 0.1) is 16.6 Å². The summed E-state index contributed by atoms with van der Waals surface area (Å²) in [6.45, 7) is 7.75. The summed E-state index contributed by atoms with van der Waals surface area (Å²) >= 11 is 7.32. The van der Waals surface area contributed by atoms with Crippen molar-refractivity contribution >= 4 is 34.3 Å². The van der Waals surface area contributed by atoms with Crippen LogP contribution >= 0.6 is 23.4 Å². The summed E-state index contributed by atoms with van der Waals surface area (Å²) in [5.74, 6) is 0.497. The average Bonchev–Trinajstić information content (AvgIpc) is 2.52. The lowest BCUT2D eigenvalue weighted by molar-refractivity contribution is 0.819. The van der Waals surface area contributed by atoms with E-state index in [9.17, 15) is 4.79 Å². The van der Waals surface area contributed by atoms with Crippen LogP contribution in [-0.4, -0.2) is 15.3 Å². The Bertz CT molecular complexity index is 974. The molecule has 24 heavy (non-hydrogen) atoms. The summed E-state index contributed by atoms with van der Waals surface area (Å²) in [5.41, 5.74) is 3.63. The fourth-order valence-corrected chi connectivity index (χ4v) is 3.59. The molecule has 0 saturated carbocycles. The highest BCUT2D eigenvalue weighted by Crippen LogP contribution is 2.24. The number of thioether (sulfide) groups is 1. The molecule has 0 spiro atoms. The van der Waals surface area contributed by atoms with Gasteiger partial charge in [-0.15, -0.1) is 0 Å². The number of para-hydroxylation sites is 1. The van der Waals surface area contributed by atoms with Crippen LogP contribution in [0.2, 0.25) is 0 Å². The Balaban J connectivity index is 2.30. The maximum absolute atomic E-state index is 13.1. The molecule has 5 heteroatoms. The number of aryl methyl sites for hydroxylation is 2. The molecule has 0 N–H and O–H groups in total. The van der Waals surface area contributed by atoms with Crippen molar-refractivity contribution in [3.63, 3.8) is 0 Å². The molecule has 0 fully saturated rings. The van der Waals surface area contributed by atoms with Gasteiger partial charge in [0.1, 0.15) is 0 Å². The Labute approximate surface area is 150 Å². The molecule has 122 valence electrons. The van der Waals surface area contributed by atoms with Gasteiger partial charge in [-0.3, -0.25) is 9.36 Å². The van der Waals surface area contributed by atoms with Crippen LogP contribution < -0.4 is 5.56 Å². The zero-order valence-electron chi connectivity index (χ0n) is 13.5. The summed E-state index contributed by atoms with van der Waals surface area (Å²) in [4.78, 5) is 17.7. The molecule has 0 aliphatic heterocycles. The number of hydrogen-bond donors (Lipinski definition) is 0. The van der Waals surface area contributed by atoms with Gasteiger partial charge in [-0.2, -0.15) is 0 Å². The molecule has 0 amide bonds. The van der Waals surface area contributed by atoms with E-state index in [0.29, 0.717) is 26.8 Å². The fourth-order valence-electron chi connectivity index (χ4n) is 2.66. The van der Waals surface area contributed by atoms with Gasteiger partial charge < -0.3 is 0 Å². The third kappa shape index (κ3) is 3.40. The van der Waals surface area contributed by atoms with Gasteiger partial charge in [-0.1, -0.05) is 48.1 Å². The molecular weight excluding hydrogens is 340 g/mol.